The molecule has 4 rings (SSSR count). The van der Waals surface area contributed by atoms with E-state index in [0.717, 1.165) is 43.6 Å². The smallest absolute Gasteiger partial charge is 0.406 e. The van der Waals surface area contributed by atoms with Gasteiger partial charge in [-0.3, -0.25) is 4.79 Å². The number of alkyl halides is 3. The lowest BCUT2D eigenvalue weighted by Gasteiger charge is -2.32. The molecule has 2 fully saturated rings. The highest BCUT2D eigenvalue weighted by molar-refractivity contribution is 5.94. The fraction of sp³-hybridized carbons (Fsp3) is 0.526. The van der Waals surface area contributed by atoms with Crippen LogP contribution in [0.2, 0.25) is 0 Å². The normalized spacial score (nSPS) is 20.2. The number of aromatic nitrogens is 2. The highest BCUT2D eigenvalue weighted by Gasteiger charge is 2.32. The number of halogens is 3. The van der Waals surface area contributed by atoms with Gasteiger partial charge in [0.05, 0.1) is 0 Å². The number of carbonyl (C=O) groups excluding carboxylic acids is 1. The molecule has 150 valence electrons. The van der Waals surface area contributed by atoms with Crippen LogP contribution in [0.5, 0.6) is 5.75 Å². The first-order valence-electron chi connectivity index (χ1n) is 9.35. The number of benzene rings is 1. The zero-order valence-corrected chi connectivity index (χ0v) is 15.1. The summed E-state index contributed by atoms with van der Waals surface area (Å²) in [5, 5.41) is 4.02. The maximum atomic E-state index is 12.7. The van der Waals surface area contributed by atoms with Gasteiger partial charge in [0.2, 0.25) is 5.89 Å². The molecule has 0 bridgehead atoms. The predicted octanol–water partition coefficient (Wildman–Crippen LogP) is 3.94. The van der Waals surface area contributed by atoms with Crippen molar-refractivity contribution in [2.75, 3.05) is 13.1 Å². The Morgan fingerprint density at radius 2 is 1.96 bits per heavy atom. The molecule has 1 aromatic heterocycles. The van der Waals surface area contributed by atoms with Crippen LogP contribution in [-0.4, -0.2) is 40.4 Å². The van der Waals surface area contributed by atoms with E-state index in [1.54, 1.807) is 4.90 Å². The summed E-state index contributed by atoms with van der Waals surface area (Å²) < 4.78 is 45.9. The van der Waals surface area contributed by atoms with Crippen molar-refractivity contribution in [2.45, 2.75) is 44.4 Å². The number of piperidine rings is 1. The minimum Gasteiger partial charge on any atom is -0.406 e. The lowest BCUT2D eigenvalue weighted by Crippen LogP contribution is -2.40. The average molecular weight is 395 g/mol. The second-order valence-corrected chi connectivity index (χ2v) is 7.36. The van der Waals surface area contributed by atoms with Crippen LogP contribution in [0.25, 0.3) is 0 Å². The van der Waals surface area contributed by atoms with Crippen molar-refractivity contribution in [3.63, 3.8) is 0 Å². The number of likely N-dealkylation sites (tertiary alicyclic amines) is 1. The van der Waals surface area contributed by atoms with Gasteiger partial charge in [-0.2, -0.15) is 4.98 Å². The lowest BCUT2D eigenvalue weighted by atomic mass is 9.94. The van der Waals surface area contributed by atoms with E-state index in [4.69, 9.17) is 4.52 Å². The third-order valence-electron chi connectivity index (χ3n) is 5.03. The molecule has 1 amide bonds. The lowest BCUT2D eigenvalue weighted by molar-refractivity contribution is -0.274. The van der Waals surface area contributed by atoms with E-state index < -0.39 is 6.36 Å². The van der Waals surface area contributed by atoms with Gasteiger partial charge < -0.3 is 14.2 Å². The van der Waals surface area contributed by atoms with Crippen LogP contribution in [0, 0.1) is 5.92 Å². The standard InChI is InChI=1S/C19H20F3N3O3/c20-19(21,22)27-15-7-5-14(6-8-15)18(26)25-9-1-2-12(11-25)10-16-23-17(24-28-16)13-3-4-13/h5-8,12-13H,1-4,9-11H2/t12-/m1/s1. The Morgan fingerprint density at radius 3 is 2.64 bits per heavy atom. The van der Waals surface area contributed by atoms with E-state index in [-0.39, 0.29) is 17.6 Å². The van der Waals surface area contributed by atoms with Crippen molar-refractivity contribution in [2.24, 2.45) is 5.92 Å². The minimum atomic E-state index is -4.75. The summed E-state index contributed by atoms with van der Waals surface area (Å²) >= 11 is 0. The van der Waals surface area contributed by atoms with Gasteiger partial charge in [0.1, 0.15) is 5.75 Å². The van der Waals surface area contributed by atoms with Crippen LogP contribution in [0.3, 0.4) is 0 Å². The fourth-order valence-corrected chi connectivity index (χ4v) is 3.50. The molecule has 0 unspecified atom stereocenters. The predicted molar refractivity (Wildman–Crippen MR) is 91.7 cm³/mol. The Hall–Kier alpha value is -2.58. The molecular weight excluding hydrogens is 375 g/mol. The average Bonchev–Trinajstić information content (AvgIpc) is 3.40. The number of nitrogens with zero attached hydrogens (tertiary/aromatic N) is 3. The van der Waals surface area contributed by atoms with Crippen molar-refractivity contribution in [3.05, 3.63) is 41.5 Å². The molecule has 1 saturated carbocycles. The molecule has 9 heteroatoms. The molecule has 6 nitrogen and oxygen atoms in total. The fourth-order valence-electron chi connectivity index (χ4n) is 3.50. The van der Waals surface area contributed by atoms with E-state index in [9.17, 15) is 18.0 Å². The Balaban J connectivity index is 1.35. The zero-order chi connectivity index (χ0) is 19.7. The van der Waals surface area contributed by atoms with Gasteiger partial charge >= 0.3 is 6.36 Å². The summed E-state index contributed by atoms with van der Waals surface area (Å²) in [6.07, 6.45) is -0.0882. The molecule has 2 aliphatic rings. The van der Waals surface area contributed by atoms with Gasteiger partial charge in [-0.05, 0) is 55.9 Å². The minimum absolute atomic E-state index is 0.201. The van der Waals surface area contributed by atoms with E-state index in [0.29, 0.717) is 36.9 Å². The topological polar surface area (TPSA) is 68.5 Å². The second-order valence-electron chi connectivity index (χ2n) is 7.36. The molecule has 1 atom stereocenters. The second kappa shape index (κ2) is 7.44. The first-order valence-corrected chi connectivity index (χ1v) is 9.35. The van der Waals surface area contributed by atoms with Gasteiger partial charge in [0.15, 0.2) is 5.82 Å². The molecule has 1 saturated heterocycles. The zero-order valence-electron chi connectivity index (χ0n) is 15.1. The van der Waals surface area contributed by atoms with Crippen LogP contribution in [0.4, 0.5) is 13.2 Å². The summed E-state index contributed by atoms with van der Waals surface area (Å²) in [7, 11) is 0. The van der Waals surface area contributed by atoms with Gasteiger partial charge in [0.25, 0.3) is 5.91 Å². The third-order valence-corrected chi connectivity index (χ3v) is 5.03. The largest absolute Gasteiger partial charge is 0.573 e. The van der Waals surface area contributed by atoms with Gasteiger partial charge in [-0.25, -0.2) is 0 Å². The number of ether oxygens (including phenoxy) is 1. The molecule has 1 aromatic carbocycles. The van der Waals surface area contributed by atoms with Crippen molar-refractivity contribution in [1.29, 1.82) is 0 Å². The van der Waals surface area contributed by atoms with Crippen molar-refractivity contribution in [3.8, 4) is 5.75 Å². The Morgan fingerprint density at radius 1 is 1.21 bits per heavy atom. The van der Waals surface area contributed by atoms with E-state index in [1.807, 2.05) is 0 Å². The van der Waals surface area contributed by atoms with Crippen LogP contribution in [0.1, 0.15) is 53.7 Å². The third kappa shape index (κ3) is 4.63. The first kappa shape index (κ1) is 18.8. The summed E-state index contributed by atoms with van der Waals surface area (Å²) in [4.78, 5) is 18.9. The van der Waals surface area contributed by atoms with Crippen molar-refractivity contribution < 1.29 is 27.2 Å². The summed E-state index contributed by atoms with van der Waals surface area (Å²) in [6.45, 7) is 1.17. The molecule has 2 aromatic rings. The maximum Gasteiger partial charge on any atom is 0.573 e. The van der Waals surface area contributed by atoms with Gasteiger partial charge in [0, 0.05) is 31.0 Å². The summed E-state index contributed by atoms with van der Waals surface area (Å²) in [5.74, 6) is 1.50. The molecule has 0 N–H and O–H groups in total. The molecule has 28 heavy (non-hydrogen) atoms. The Labute approximate surface area is 159 Å². The van der Waals surface area contributed by atoms with Gasteiger partial charge in [-0.1, -0.05) is 5.16 Å². The molecule has 1 aliphatic carbocycles. The molecule has 2 heterocycles. The number of carbonyl (C=O) groups is 1. The summed E-state index contributed by atoms with van der Waals surface area (Å²) in [5.41, 5.74) is 0.337. The number of hydrogen-bond donors (Lipinski definition) is 0. The highest BCUT2D eigenvalue weighted by atomic mass is 19.4. The van der Waals surface area contributed by atoms with Crippen LogP contribution < -0.4 is 4.74 Å². The number of amides is 1. The van der Waals surface area contributed by atoms with Gasteiger partial charge in [-0.15, -0.1) is 13.2 Å². The van der Waals surface area contributed by atoms with Crippen LogP contribution in [0.15, 0.2) is 28.8 Å². The molecule has 0 radical (unpaired) electrons. The van der Waals surface area contributed by atoms with Crippen LogP contribution >= 0.6 is 0 Å². The monoisotopic (exact) mass is 395 g/mol. The Bertz CT molecular complexity index is 831. The van der Waals surface area contributed by atoms with Crippen LogP contribution in [-0.2, 0) is 6.42 Å². The molecule has 1 aliphatic heterocycles. The van der Waals surface area contributed by atoms with E-state index >= 15 is 0 Å². The molecular formula is C19H20F3N3O3. The molecule has 0 spiro atoms. The van der Waals surface area contributed by atoms with E-state index in [1.165, 1.54) is 12.1 Å². The SMILES string of the molecule is O=C(c1ccc(OC(F)(F)F)cc1)N1CCC[C@H](Cc2nc(C3CC3)no2)C1. The van der Waals surface area contributed by atoms with E-state index in [2.05, 4.69) is 14.9 Å². The Kier molecular flexibility index (Phi) is 4.99. The number of hydrogen-bond acceptors (Lipinski definition) is 5. The van der Waals surface area contributed by atoms with Crippen molar-refractivity contribution >= 4 is 5.91 Å². The maximum absolute atomic E-state index is 12.7. The first-order chi connectivity index (χ1) is 13.4. The summed E-state index contributed by atoms with van der Waals surface area (Å²) in [6, 6.07) is 5.01. The number of rotatable bonds is 5. The van der Waals surface area contributed by atoms with Crippen molar-refractivity contribution in [1.82, 2.24) is 15.0 Å². The highest BCUT2D eigenvalue weighted by Crippen LogP contribution is 2.38. The quantitative estimate of drug-likeness (QED) is 0.767.